The number of amides is 1. The molecule has 0 saturated heterocycles. The van der Waals surface area contributed by atoms with Crippen LogP contribution in [0.2, 0.25) is 10.0 Å². The Balaban J connectivity index is 1.80. The number of benzene rings is 2. The molecule has 0 atom stereocenters. The van der Waals surface area contributed by atoms with E-state index in [0.29, 0.717) is 28.0 Å². The van der Waals surface area contributed by atoms with Crippen molar-refractivity contribution in [2.24, 2.45) is 0 Å². The molecule has 4 rings (SSSR count). The number of hydrogen-bond donors (Lipinski definition) is 2. The second-order valence-corrected chi connectivity index (χ2v) is 8.31. The topological polar surface area (TPSA) is 61.0 Å². The summed E-state index contributed by atoms with van der Waals surface area (Å²) < 4.78 is 0. The molecule has 4 aromatic rings. The number of aromatic nitrogens is 2. The first-order valence-electron chi connectivity index (χ1n) is 9.74. The fourth-order valence-corrected chi connectivity index (χ4v) is 3.80. The number of fused-ring (bicyclic) bond motifs is 3. The second kappa shape index (κ2) is 8.64. The predicted octanol–water partition coefficient (Wildman–Crippen LogP) is 5.37. The fraction of sp³-hybridized carbons (Fsp3) is 0.217. The van der Waals surface area contributed by atoms with Gasteiger partial charge in [0.15, 0.2) is 0 Å². The molecule has 2 N–H and O–H groups in total. The highest BCUT2D eigenvalue weighted by molar-refractivity contribution is 6.42. The molecule has 2 heterocycles. The van der Waals surface area contributed by atoms with Gasteiger partial charge in [-0.05, 0) is 51.3 Å². The third kappa shape index (κ3) is 4.15. The number of para-hydroxylation sites is 1. The lowest BCUT2D eigenvalue weighted by atomic mass is 10.1. The molecular weight excluding hydrogens is 419 g/mol. The molecule has 0 bridgehead atoms. The molecule has 0 saturated carbocycles. The van der Waals surface area contributed by atoms with Crippen LogP contribution in [0.4, 0.5) is 0 Å². The zero-order valence-corrected chi connectivity index (χ0v) is 18.3. The Kier molecular flexibility index (Phi) is 5.95. The third-order valence-corrected chi connectivity index (χ3v) is 5.73. The number of carbonyl (C=O) groups excluding carboxylic acids is 1. The molecule has 2 aromatic heterocycles. The average Bonchev–Trinajstić information content (AvgIpc) is 3.11. The summed E-state index contributed by atoms with van der Waals surface area (Å²) in [6.07, 6.45) is 0.869. The minimum Gasteiger partial charge on any atom is -0.353 e. The highest BCUT2D eigenvalue weighted by atomic mass is 35.5. The van der Waals surface area contributed by atoms with Crippen LogP contribution < -0.4 is 5.32 Å². The van der Waals surface area contributed by atoms with Gasteiger partial charge in [0, 0.05) is 28.4 Å². The van der Waals surface area contributed by atoms with Crippen molar-refractivity contribution in [1.82, 2.24) is 20.2 Å². The number of rotatable bonds is 6. The number of hydrogen-bond acceptors (Lipinski definition) is 3. The Hall–Kier alpha value is -2.60. The predicted molar refractivity (Wildman–Crippen MR) is 125 cm³/mol. The van der Waals surface area contributed by atoms with E-state index in [1.165, 1.54) is 0 Å². The monoisotopic (exact) mass is 440 g/mol. The summed E-state index contributed by atoms with van der Waals surface area (Å²) in [7, 11) is 4.02. The van der Waals surface area contributed by atoms with E-state index in [1.807, 2.05) is 50.5 Å². The largest absolute Gasteiger partial charge is 0.353 e. The molecule has 0 unspecified atom stereocenters. The van der Waals surface area contributed by atoms with E-state index in [9.17, 15) is 4.79 Å². The molecular formula is C23H22Cl2N4O. The van der Waals surface area contributed by atoms with E-state index in [2.05, 4.69) is 15.2 Å². The van der Waals surface area contributed by atoms with Gasteiger partial charge in [-0.1, -0.05) is 47.5 Å². The van der Waals surface area contributed by atoms with Gasteiger partial charge in [0.2, 0.25) is 0 Å². The normalized spacial score (nSPS) is 11.5. The van der Waals surface area contributed by atoms with Gasteiger partial charge in [-0.2, -0.15) is 0 Å². The minimum atomic E-state index is -0.192. The second-order valence-electron chi connectivity index (χ2n) is 7.49. The SMILES string of the molecule is CN(C)CCCNC(=O)c1cc2c([nH]c3ccccc32)c(-c2ccc(Cl)c(Cl)c2)n1. The van der Waals surface area contributed by atoms with E-state index in [4.69, 9.17) is 28.2 Å². The standard InChI is InChI=1S/C23H22Cl2N4O/c1-29(2)11-5-10-26-23(30)20-13-16-15-6-3-4-7-19(15)27-22(16)21(28-20)14-8-9-17(24)18(25)12-14/h3-4,6-9,12-13,27H,5,10-11H2,1-2H3,(H,26,30). The first-order valence-corrected chi connectivity index (χ1v) is 10.5. The van der Waals surface area contributed by atoms with Gasteiger partial charge >= 0.3 is 0 Å². The van der Waals surface area contributed by atoms with Crippen LogP contribution in [0.3, 0.4) is 0 Å². The lowest BCUT2D eigenvalue weighted by molar-refractivity contribution is 0.0947. The van der Waals surface area contributed by atoms with Crippen molar-refractivity contribution in [2.75, 3.05) is 27.2 Å². The van der Waals surface area contributed by atoms with Crippen molar-refractivity contribution in [3.8, 4) is 11.3 Å². The first-order chi connectivity index (χ1) is 14.4. The van der Waals surface area contributed by atoms with Crippen molar-refractivity contribution in [1.29, 1.82) is 0 Å². The zero-order valence-electron chi connectivity index (χ0n) is 16.8. The quantitative estimate of drug-likeness (QED) is 0.396. The summed E-state index contributed by atoms with van der Waals surface area (Å²) in [5, 5.41) is 5.88. The van der Waals surface area contributed by atoms with Gasteiger partial charge in [0.05, 0.1) is 21.3 Å². The lowest BCUT2D eigenvalue weighted by Crippen LogP contribution is -2.27. The highest BCUT2D eigenvalue weighted by Gasteiger charge is 2.17. The van der Waals surface area contributed by atoms with Crippen LogP contribution in [0.25, 0.3) is 33.1 Å². The van der Waals surface area contributed by atoms with E-state index < -0.39 is 0 Å². The minimum absolute atomic E-state index is 0.192. The van der Waals surface area contributed by atoms with Gasteiger partial charge in [-0.3, -0.25) is 4.79 Å². The molecule has 7 heteroatoms. The van der Waals surface area contributed by atoms with Crippen LogP contribution in [0.1, 0.15) is 16.9 Å². The molecule has 0 aliphatic rings. The summed E-state index contributed by atoms with van der Waals surface area (Å²) in [4.78, 5) is 23.1. The van der Waals surface area contributed by atoms with Crippen LogP contribution in [0, 0.1) is 0 Å². The van der Waals surface area contributed by atoms with E-state index in [1.54, 1.807) is 12.1 Å². The van der Waals surface area contributed by atoms with Gasteiger partial charge < -0.3 is 15.2 Å². The van der Waals surface area contributed by atoms with Gasteiger partial charge in [-0.25, -0.2) is 4.98 Å². The number of carbonyl (C=O) groups is 1. The van der Waals surface area contributed by atoms with E-state index in [0.717, 1.165) is 40.3 Å². The third-order valence-electron chi connectivity index (χ3n) is 4.99. The summed E-state index contributed by atoms with van der Waals surface area (Å²) in [5.41, 5.74) is 3.68. The summed E-state index contributed by atoms with van der Waals surface area (Å²) >= 11 is 12.4. The number of halogens is 2. The number of aromatic amines is 1. The van der Waals surface area contributed by atoms with Gasteiger partial charge in [0.1, 0.15) is 5.69 Å². The van der Waals surface area contributed by atoms with Crippen LogP contribution in [-0.4, -0.2) is 48.0 Å². The van der Waals surface area contributed by atoms with Gasteiger partial charge in [0.25, 0.3) is 5.91 Å². The molecule has 0 aliphatic heterocycles. The smallest absolute Gasteiger partial charge is 0.269 e. The Morgan fingerprint density at radius 1 is 1.07 bits per heavy atom. The zero-order chi connectivity index (χ0) is 21.3. The molecule has 2 aromatic carbocycles. The van der Waals surface area contributed by atoms with E-state index >= 15 is 0 Å². The maximum atomic E-state index is 12.9. The lowest BCUT2D eigenvalue weighted by Gasteiger charge is -2.11. The molecule has 0 fully saturated rings. The molecule has 0 aliphatic carbocycles. The Morgan fingerprint density at radius 2 is 1.87 bits per heavy atom. The summed E-state index contributed by atoms with van der Waals surface area (Å²) in [6.45, 7) is 1.50. The van der Waals surface area contributed by atoms with E-state index in [-0.39, 0.29) is 5.91 Å². The maximum absolute atomic E-state index is 12.9. The summed E-state index contributed by atoms with van der Waals surface area (Å²) in [5.74, 6) is -0.192. The fourth-order valence-electron chi connectivity index (χ4n) is 3.50. The van der Waals surface area contributed by atoms with Crippen molar-refractivity contribution in [2.45, 2.75) is 6.42 Å². The van der Waals surface area contributed by atoms with Crippen molar-refractivity contribution < 1.29 is 4.79 Å². The van der Waals surface area contributed by atoms with Crippen LogP contribution >= 0.6 is 23.2 Å². The van der Waals surface area contributed by atoms with Crippen molar-refractivity contribution >= 4 is 50.9 Å². The molecule has 5 nitrogen and oxygen atoms in total. The molecule has 30 heavy (non-hydrogen) atoms. The first kappa shape index (κ1) is 20.7. The van der Waals surface area contributed by atoms with Crippen molar-refractivity contribution in [3.05, 3.63) is 64.3 Å². The molecule has 154 valence electrons. The Morgan fingerprint density at radius 3 is 2.63 bits per heavy atom. The van der Waals surface area contributed by atoms with Crippen molar-refractivity contribution in [3.63, 3.8) is 0 Å². The van der Waals surface area contributed by atoms with Crippen LogP contribution in [0.15, 0.2) is 48.5 Å². The van der Waals surface area contributed by atoms with Gasteiger partial charge in [-0.15, -0.1) is 0 Å². The number of nitrogens with zero attached hydrogens (tertiary/aromatic N) is 2. The highest BCUT2D eigenvalue weighted by Crippen LogP contribution is 2.35. The maximum Gasteiger partial charge on any atom is 0.269 e. The van der Waals surface area contributed by atoms with Crippen LogP contribution in [-0.2, 0) is 0 Å². The Bertz CT molecular complexity index is 1230. The number of nitrogens with one attached hydrogen (secondary N) is 2. The number of H-pyrrole nitrogens is 1. The average molecular weight is 441 g/mol. The Labute approximate surface area is 185 Å². The molecule has 0 spiro atoms. The van der Waals surface area contributed by atoms with Crippen LogP contribution in [0.5, 0.6) is 0 Å². The number of pyridine rings is 1. The summed E-state index contributed by atoms with van der Waals surface area (Å²) in [6, 6.07) is 15.2. The molecule has 1 amide bonds. The molecule has 0 radical (unpaired) electrons.